The molecule has 0 amide bonds. The van der Waals surface area contributed by atoms with Crippen molar-refractivity contribution in [2.24, 2.45) is 0 Å². The Morgan fingerprint density at radius 1 is 0.870 bits per heavy atom. The van der Waals surface area contributed by atoms with Crippen LogP contribution in [0.4, 0.5) is 0 Å². The Kier molecular flexibility index (Phi) is 4.24. The Morgan fingerprint density at radius 3 is 2.22 bits per heavy atom. The zero-order valence-electron chi connectivity index (χ0n) is 14.2. The molecule has 0 aliphatic carbocycles. The number of rotatable bonds is 4. The Balaban J connectivity index is 2.12. The predicted molar refractivity (Wildman–Crippen MR) is 96.6 cm³/mol. The lowest BCUT2D eigenvalue weighted by Crippen LogP contribution is -2.00. The molecule has 0 saturated carbocycles. The second kappa shape index (κ2) is 6.33. The average molecular weight is 305 g/mol. The minimum atomic E-state index is 0.545. The minimum absolute atomic E-state index is 0.545. The van der Waals surface area contributed by atoms with Crippen molar-refractivity contribution >= 4 is 0 Å². The van der Waals surface area contributed by atoms with Gasteiger partial charge in [0, 0.05) is 16.9 Å². The van der Waals surface area contributed by atoms with Crippen molar-refractivity contribution in [3.05, 3.63) is 71.9 Å². The van der Waals surface area contributed by atoms with Crippen molar-refractivity contribution in [2.45, 2.75) is 26.7 Å². The molecule has 118 valence electrons. The van der Waals surface area contributed by atoms with E-state index in [9.17, 15) is 0 Å². The van der Waals surface area contributed by atoms with Crippen molar-refractivity contribution < 1.29 is 4.74 Å². The second-order valence-electron chi connectivity index (χ2n) is 6.14. The van der Waals surface area contributed by atoms with Crippen LogP contribution in [0.15, 0.2) is 60.7 Å². The van der Waals surface area contributed by atoms with Crippen LogP contribution >= 0.6 is 0 Å². The third kappa shape index (κ3) is 2.89. The third-order valence-electron chi connectivity index (χ3n) is 4.28. The predicted octanol–water partition coefficient (Wildman–Crippen LogP) is 5.58. The Hall–Kier alpha value is -2.48. The fourth-order valence-electron chi connectivity index (χ4n) is 2.96. The molecule has 1 heterocycles. The van der Waals surface area contributed by atoms with Crippen LogP contribution < -0.4 is 4.74 Å². The molecule has 0 fully saturated rings. The molecule has 0 bridgehead atoms. The zero-order chi connectivity index (χ0) is 16.4. The lowest BCUT2D eigenvalue weighted by molar-refractivity contribution is 0.416. The summed E-state index contributed by atoms with van der Waals surface area (Å²) in [7, 11) is 1.72. The smallest absolute Gasteiger partial charge is 0.128 e. The van der Waals surface area contributed by atoms with Crippen LogP contribution in [0.3, 0.4) is 0 Å². The summed E-state index contributed by atoms with van der Waals surface area (Å²) in [4.78, 5) is 0. The number of hydrogen-bond donors (Lipinski definition) is 0. The molecule has 3 rings (SSSR count). The van der Waals surface area contributed by atoms with Crippen LogP contribution in [0.1, 0.15) is 31.0 Å². The van der Waals surface area contributed by atoms with Gasteiger partial charge in [0.2, 0.25) is 0 Å². The molecule has 23 heavy (non-hydrogen) atoms. The molecular weight excluding hydrogens is 282 g/mol. The summed E-state index contributed by atoms with van der Waals surface area (Å²) in [5.41, 5.74) is 6.01. The number of aryl methyl sites for hydroxylation is 1. The molecule has 0 aliphatic heterocycles. The van der Waals surface area contributed by atoms with Gasteiger partial charge in [-0.3, -0.25) is 0 Å². The molecule has 1 aromatic heterocycles. The van der Waals surface area contributed by atoms with Gasteiger partial charge in [0.05, 0.1) is 12.8 Å². The monoisotopic (exact) mass is 305 g/mol. The van der Waals surface area contributed by atoms with Crippen LogP contribution in [0.25, 0.3) is 16.9 Å². The molecule has 2 aromatic carbocycles. The maximum Gasteiger partial charge on any atom is 0.128 e. The van der Waals surface area contributed by atoms with Crippen molar-refractivity contribution in [3.8, 4) is 22.7 Å². The molecule has 0 aliphatic rings. The van der Waals surface area contributed by atoms with E-state index >= 15 is 0 Å². The average Bonchev–Trinajstić information content (AvgIpc) is 2.96. The van der Waals surface area contributed by atoms with Gasteiger partial charge in [0.1, 0.15) is 5.75 Å². The number of benzene rings is 2. The Bertz CT molecular complexity index is 797. The van der Waals surface area contributed by atoms with Gasteiger partial charge in [0.25, 0.3) is 0 Å². The lowest BCUT2D eigenvalue weighted by atomic mass is 10.0. The first-order valence-corrected chi connectivity index (χ1v) is 8.04. The number of methoxy groups -OCH3 is 1. The summed E-state index contributed by atoms with van der Waals surface area (Å²) >= 11 is 0. The first-order valence-electron chi connectivity index (χ1n) is 8.04. The summed E-state index contributed by atoms with van der Waals surface area (Å²) in [5, 5.41) is 0. The minimum Gasteiger partial charge on any atom is -0.496 e. The van der Waals surface area contributed by atoms with Crippen molar-refractivity contribution in [1.29, 1.82) is 0 Å². The molecule has 0 radical (unpaired) electrons. The second-order valence-corrected chi connectivity index (χ2v) is 6.14. The fourth-order valence-corrected chi connectivity index (χ4v) is 2.96. The molecule has 0 unspecified atom stereocenters. The van der Waals surface area contributed by atoms with Crippen LogP contribution in [0, 0.1) is 6.92 Å². The topological polar surface area (TPSA) is 14.2 Å². The maximum absolute atomic E-state index is 5.54. The van der Waals surface area contributed by atoms with E-state index in [1.807, 2.05) is 18.2 Å². The SMILES string of the molecule is COc1ccccc1-c1ccc(C)n1-c1ccc(C(C)C)cc1. The summed E-state index contributed by atoms with van der Waals surface area (Å²) in [5.74, 6) is 1.44. The number of aromatic nitrogens is 1. The quantitative estimate of drug-likeness (QED) is 0.613. The van der Waals surface area contributed by atoms with Gasteiger partial charge in [-0.2, -0.15) is 0 Å². The summed E-state index contributed by atoms with van der Waals surface area (Å²) in [6.07, 6.45) is 0. The largest absolute Gasteiger partial charge is 0.496 e. The molecular formula is C21H23NO. The van der Waals surface area contributed by atoms with E-state index in [2.05, 4.69) is 67.8 Å². The number of hydrogen-bond acceptors (Lipinski definition) is 1. The molecule has 2 nitrogen and oxygen atoms in total. The molecule has 0 spiro atoms. The molecule has 2 heteroatoms. The van der Waals surface area contributed by atoms with Crippen molar-refractivity contribution in [1.82, 2.24) is 4.57 Å². The van der Waals surface area contributed by atoms with Gasteiger partial charge in [-0.25, -0.2) is 0 Å². The normalized spacial score (nSPS) is 11.0. The van der Waals surface area contributed by atoms with Gasteiger partial charge in [-0.15, -0.1) is 0 Å². The van der Waals surface area contributed by atoms with Crippen LogP contribution in [-0.4, -0.2) is 11.7 Å². The zero-order valence-corrected chi connectivity index (χ0v) is 14.2. The number of nitrogens with zero attached hydrogens (tertiary/aromatic N) is 1. The highest BCUT2D eigenvalue weighted by molar-refractivity contribution is 5.70. The highest BCUT2D eigenvalue weighted by Crippen LogP contribution is 2.33. The highest BCUT2D eigenvalue weighted by atomic mass is 16.5. The molecule has 3 aromatic rings. The van der Waals surface area contributed by atoms with Gasteiger partial charge >= 0.3 is 0 Å². The van der Waals surface area contributed by atoms with Crippen LogP contribution in [-0.2, 0) is 0 Å². The molecule has 0 atom stereocenters. The van der Waals surface area contributed by atoms with Crippen molar-refractivity contribution in [3.63, 3.8) is 0 Å². The summed E-state index contributed by atoms with van der Waals surface area (Å²) < 4.78 is 7.82. The number of para-hydroxylation sites is 1. The van der Waals surface area contributed by atoms with E-state index in [0.717, 1.165) is 17.0 Å². The van der Waals surface area contributed by atoms with E-state index in [4.69, 9.17) is 4.74 Å². The third-order valence-corrected chi connectivity index (χ3v) is 4.28. The van der Waals surface area contributed by atoms with Crippen LogP contribution in [0.5, 0.6) is 5.75 Å². The van der Waals surface area contributed by atoms with E-state index < -0.39 is 0 Å². The number of ether oxygens (including phenoxy) is 1. The first kappa shape index (κ1) is 15.4. The van der Waals surface area contributed by atoms with Crippen molar-refractivity contribution in [2.75, 3.05) is 7.11 Å². The summed E-state index contributed by atoms with van der Waals surface area (Å²) in [6.45, 7) is 6.57. The van der Waals surface area contributed by atoms with Gasteiger partial charge in [-0.05, 0) is 54.8 Å². The van der Waals surface area contributed by atoms with E-state index in [1.54, 1.807) is 7.11 Å². The standard InChI is InChI=1S/C21H23NO/c1-15(2)17-10-12-18(13-11-17)22-16(3)9-14-20(22)19-7-5-6-8-21(19)23-4/h5-15H,1-4H3. The lowest BCUT2D eigenvalue weighted by Gasteiger charge is -2.15. The van der Waals surface area contributed by atoms with Gasteiger partial charge in [0.15, 0.2) is 0 Å². The van der Waals surface area contributed by atoms with Gasteiger partial charge in [-0.1, -0.05) is 38.1 Å². The Morgan fingerprint density at radius 2 is 1.57 bits per heavy atom. The summed E-state index contributed by atoms with van der Waals surface area (Å²) in [6, 6.07) is 21.3. The van der Waals surface area contributed by atoms with E-state index in [-0.39, 0.29) is 0 Å². The molecule has 0 N–H and O–H groups in total. The van der Waals surface area contributed by atoms with E-state index in [1.165, 1.54) is 16.9 Å². The fraction of sp³-hybridized carbons (Fsp3) is 0.238. The van der Waals surface area contributed by atoms with E-state index in [0.29, 0.717) is 5.92 Å². The molecule has 0 saturated heterocycles. The Labute approximate surface area is 138 Å². The van der Waals surface area contributed by atoms with Gasteiger partial charge < -0.3 is 9.30 Å². The highest BCUT2D eigenvalue weighted by Gasteiger charge is 2.13. The maximum atomic E-state index is 5.54. The van der Waals surface area contributed by atoms with Crippen LogP contribution in [0.2, 0.25) is 0 Å². The first-order chi connectivity index (χ1) is 11.1.